The molecule has 0 unspecified atom stereocenters. The van der Waals surface area contributed by atoms with Gasteiger partial charge in [0.1, 0.15) is 12.7 Å². The van der Waals surface area contributed by atoms with Crippen molar-refractivity contribution in [3.63, 3.8) is 0 Å². The molecule has 1 amide bonds. The van der Waals surface area contributed by atoms with E-state index in [1.54, 1.807) is 12.7 Å². The quantitative estimate of drug-likeness (QED) is 0.753. The molecule has 9 nitrogen and oxygen atoms in total. The van der Waals surface area contributed by atoms with E-state index in [4.69, 9.17) is 0 Å². The van der Waals surface area contributed by atoms with E-state index < -0.39 is 0 Å². The summed E-state index contributed by atoms with van der Waals surface area (Å²) in [7, 11) is 0. The minimum absolute atomic E-state index is 0.243. The third kappa shape index (κ3) is 4.72. The Kier molecular flexibility index (Phi) is 5.78. The Morgan fingerprint density at radius 2 is 2.04 bits per heavy atom. The van der Waals surface area contributed by atoms with Crippen LogP contribution in [-0.2, 0) is 30.8 Å². The summed E-state index contributed by atoms with van der Waals surface area (Å²) < 4.78 is 3.94. The summed E-state index contributed by atoms with van der Waals surface area (Å²) in [6.45, 7) is 8.12. The summed E-state index contributed by atoms with van der Waals surface area (Å²) >= 11 is 0. The van der Waals surface area contributed by atoms with Gasteiger partial charge < -0.3 is 10.2 Å². The fourth-order valence-electron chi connectivity index (χ4n) is 3.75. The van der Waals surface area contributed by atoms with Crippen LogP contribution in [0.25, 0.3) is 0 Å². The van der Waals surface area contributed by atoms with Gasteiger partial charge in [-0.15, -0.1) is 0 Å². The van der Waals surface area contributed by atoms with Crippen LogP contribution in [-0.4, -0.2) is 79.5 Å². The lowest BCUT2D eigenvalue weighted by Gasteiger charge is -2.34. The Bertz CT molecular complexity index is 709. The van der Waals surface area contributed by atoms with Crippen LogP contribution in [0.15, 0.2) is 18.7 Å². The molecule has 0 radical (unpaired) electrons. The van der Waals surface area contributed by atoms with Gasteiger partial charge in [-0.05, 0) is 19.0 Å². The Morgan fingerprint density at radius 1 is 1.15 bits per heavy atom. The highest BCUT2D eigenvalue weighted by Gasteiger charge is 2.21. The zero-order valence-electron chi connectivity index (χ0n) is 15.8. The molecule has 0 aliphatic carbocycles. The first-order chi connectivity index (χ1) is 13.3. The highest BCUT2D eigenvalue weighted by atomic mass is 16.2. The fraction of sp³-hybridized carbons (Fsp3) is 0.667. The van der Waals surface area contributed by atoms with Crippen LogP contribution in [0.5, 0.6) is 0 Å². The topological polar surface area (TPSA) is 84.1 Å². The van der Waals surface area contributed by atoms with E-state index in [0.717, 1.165) is 77.4 Å². The lowest BCUT2D eigenvalue weighted by molar-refractivity contribution is -0.132. The molecule has 0 aromatic carbocycles. The predicted octanol–water partition coefficient (Wildman–Crippen LogP) is -0.255. The van der Waals surface area contributed by atoms with E-state index in [-0.39, 0.29) is 5.91 Å². The third-order valence-corrected chi connectivity index (χ3v) is 5.38. The normalized spacial score (nSPS) is 18.3. The van der Waals surface area contributed by atoms with E-state index >= 15 is 0 Å². The number of aromatic nitrogens is 5. The standard InChI is InChI=1S/C18H28N8O/c27-18(3-2-16-12-17-13-19-4-1-5-26(17)22-16)24-9-6-23(7-10-24)8-11-25-15-20-14-21-25/h12,14-15,19H,1-11,13H2. The summed E-state index contributed by atoms with van der Waals surface area (Å²) in [5, 5.41) is 12.2. The van der Waals surface area contributed by atoms with Gasteiger partial charge in [-0.3, -0.25) is 19.1 Å². The maximum Gasteiger partial charge on any atom is 0.223 e. The lowest BCUT2D eigenvalue weighted by Crippen LogP contribution is -2.49. The van der Waals surface area contributed by atoms with Crippen molar-refractivity contribution >= 4 is 5.91 Å². The van der Waals surface area contributed by atoms with Crippen molar-refractivity contribution in [2.24, 2.45) is 0 Å². The summed E-state index contributed by atoms with van der Waals surface area (Å²) in [4.78, 5) is 20.9. The van der Waals surface area contributed by atoms with Crippen LogP contribution in [0.4, 0.5) is 0 Å². The van der Waals surface area contributed by atoms with Crippen molar-refractivity contribution in [2.45, 2.75) is 38.9 Å². The highest BCUT2D eigenvalue weighted by molar-refractivity contribution is 5.76. The number of nitrogens with one attached hydrogen (secondary N) is 1. The molecule has 9 heteroatoms. The molecule has 2 aromatic heterocycles. The van der Waals surface area contributed by atoms with Crippen molar-refractivity contribution in [2.75, 3.05) is 39.3 Å². The Labute approximate surface area is 159 Å². The maximum atomic E-state index is 12.6. The van der Waals surface area contributed by atoms with Gasteiger partial charge in [-0.25, -0.2) is 4.98 Å². The van der Waals surface area contributed by atoms with Gasteiger partial charge >= 0.3 is 0 Å². The van der Waals surface area contributed by atoms with E-state index in [0.29, 0.717) is 6.42 Å². The average molecular weight is 372 g/mol. The SMILES string of the molecule is O=C(CCc1cc2n(n1)CCCNC2)N1CCN(CCn2cncn2)CC1. The van der Waals surface area contributed by atoms with E-state index in [1.165, 1.54) is 5.69 Å². The van der Waals surface area contributed by atoms with E-state index in [9.17, 15) is 4.79 Å². The van der Waals surface area contributed by atoms with Crippen LogP contribution in [0.2, 0.25) is 0 Å². The van der Waals surface area contributed by atoms with Gasteiger partial charge in [0.05, 0.1) is 17.9 Å². The first-order valence-corrected chi connectivity index (χ1v) is 9.87. The molecule has 2 aromatic rings. The first kappa shape index (κ1) is 18.1. The maximum absolute atomic E-state index is 12.6. The molecule has 4 rings (SSSR count). The number of rotatable bonds is 6. The highest BCUT2D eigenvalue weighted by Crippen LogP contribution is 2.12. The molecule has 0 bridgehead atoms. The van der Waals surface area contributed by atoms with Crippen LogP contribution in [0.1, 0.15) is 24.2 Å². The number of fused-ring (bicyclic) bond motifs is 1. The second-order valence-electron chi connectivity index (χ2n) is 7.26. The Morgan fingerprint density at radius 3 is 2.85 bits per heavy atom. The molecule has 0 atom stereocenters. The molecule has 146 valence electrons. The Balaban J connectivity index is 1.19. The molecule has 2 aliphatic rings. The molecule has 0 saturated carbocycles. The minimum atomic E-state index is 0.243. The zero-order valence-corrected chi connectivity index (χ0v) is 15.8. The number of aryl methyl sites for hydroxylation is 2. The molecule has 4 heterocycles. The van der Waals surface area contributed by atoms with E-state index in [2.05, 4.69) is 36.1 Å². The number of hydrogen-bond acceptors (Lipinski definition) is 6. The lowest BCUT2D eigenvalue weighted by atomic mass is 10.2. The van der Waals surface area contributed by atoms with Crippen molar-refractivity contribution in [3.05, 3.63) is 30.1 Å². The minimum Gasteiger partial charge on any atom is -0.340 e. The summed E-state index contributed by atoms with van der Waals surface area (Å²) in [5.74, 6) is 0.243. The largest absolute Gasteiger partial charge is 0.340 e. The second-order valence-corrected chi connectivity index (χ2v) is 7.26. The van der Waals surface area contributed by atoms with Crippen molar-refractivity contribution in [1.82, 2.24) is 39.7 Å². The van der Waals surface area contributed by atoms with Crippen LogP contribution in [0, 0.1) is 0 Å². The van der Waals surface area contributed by atoms with E-state index in [1.807, 2.05) is 9.58 Å². The predicted molar refractivity (Wildman–Crippen MR) is 99.9 cm³/mol. The molecule has 1 fully saturated rings. The summed E-state index contributed by atoms with van der Waals surface area (Å²) in [5.41, 5.74) is 2.27. The van der Waals surface area contributed by atoms with Gasteiger partial charge in [0.2, 0.25) is 5.91 Å². The van der Waals surface area contributed by atoms with Crippen LogP contribution < -0.4 is 5.32 Å². The zero-order chi connectivity index (χ0) is 18.5. The summed E-state index contributed by atoms with van der Waals surface area (Å²) in [6.07, 6.45) is 5.68. The molecule has 1 N–H and O–H groups in total. The number of piperazine rings is 1. The average Bonchev–Trinajstić information content (AvgIpc) is 3.30. The van der Waals surface area contributed by atoms with Gasteiger partial charge in [0.15, 0.2) is 0 Å². The van der Waals surface area contributed by atoms with Gasteiger partial charge in [0, 0.05) is 58.7 Å². The molecular formula is C18H28N8O. The first-order valence-electron chi connectivity index (χ1n) is 9.87. The smallest absolute Gasteiger partial charge is 0.223 e. The molecule has 1 saturated heterocycles. The molecular weight excluding hydrogens is 344 g/mol. The number of carbonyl (C=O) groups is 1. The number of amides is 1. The monoisotopic (exact) mass is 372 g/mol. The van der Waals surface area contributed by atoms with Crippen molar-refractivity contribution in [3.8, 4) is 0 Å². The van der Waals surface area contributed by atoms with Gasteiger partial charge in [-0.1, -0.05) is 0 Å². The Hall–Kier alpha value is -2.26. The van der Waals surface area contributed by atoms with Crippen LogP contribution in [0.3, 0.4) is 0 Å². The van der Waals surface area contributed by atoms with Gasteiger partial charge in [-0.2, -0.15) is 10.2 Å². The molecule has 2 aliphatic heterocycles. The summed E-state index contributed by atoms with van der Waals surface area (Å²) in [6, 6.07) is 2.15. The van der Waals surface area contributed by atoms with Crippen molar-refractivity contribution in [1.29, 1.82) is 0 Å². The number of carbonyl (C=O) groups excluding carboxylic acids is 1. The van der Waals surface area contributed by atoms with Crippen molar-refractivity contribution < 1.29 is 4.79 Å². The number of nitrogens with zero attached hydrogens (tertiary/aromatic N) is 7. The van der Waals surface area contributed by atoms with Gasteiger partial charge in [0.25, 0.3) is 0 Å². The number of hydrogen-bond donors (Lipinski definition) is 1. The molecule has 0 spiro atoms. The van der Waals surface area contributed by atoms with Crippen LogP contribution >= 0.6 is 0 Å². The second kappa shape index (κ2) is 8.62. The molecule has 27 heavy (non-hydrogen) atoms. The third-order valence-electron chi connectivity index (χ3n) is 5.38. The fourth-order valence-corrected chi connectivity index (χ4v) is 3.75.